The lowest BCUT2D eigenvalue weighted by molar-refractivity contribution is 0.0762. The van der Waals surface area contributed by atoms with E-state index in [9.17, 15) is 9.18 Å². The van der Waals surface area contributed by atoms with Crippen molar-refractivity contribution < 1.29 is 28.1 Å². The summed E-state index contributed by atoms with van der Waals surface area (Å²) in [6.07, 6.45) is 4.63. The van der Waals surface area contributed by atoms with Crippen molar-refractivity contribution in [2.75, 3.05) is 72.6 Å². The Labute approximate surface area is 294 Å². The minimum atomic E-state index is -0.241. The van der Waals surface area contributed by atoms with E-state index in [1.807, 2.05) is 30.0 Å². The predicted molar refractivity (Wildman–Crippen MR) is 193 cm³/mol. The summed E-state index contributed by atoms with van der Waals surface area (Å²) in [6, 6.07) is 18.8. The van der Waals surface area contributed by atoms with Crippen LogP contribution in [0.15, 0.2) is 60.7 Å². The molecule has 2 aliphatic rings. The number of aromatic nitrogens is 2. The molecule has 2 fully saturated rings. The van der Waals surface area contributed by atoms with Crippen molar-refractivity contribution in [1.29, 1.82) is 0 Å². The number of methoxy groups -OCH3 is 3. The van der Waals surface area contributed by atoms with E-state index in [-0.39, 0.29) is 17.1 Å². The molecule has 11 heteroatoms. The fourth-order valence-corrected chi connectivity index (χ4v) is 7.56. The number of imidazole rings is 1. The molecule has 268 valence electrons. The van der Waals surface area contributed by atoms with Crippen LogP contribution in [-0.4, -0.2) is 98.6 Å². The average Bonchev–Trinajstić information content (AvgIpc) is 3.72. The largest absolute Gasteiger partial charge is 0.493 e. The monoisotopic (exact) mass is 687 g/mol. The number of carbonyl (C=O) groups excluding carboxylic acids is 1. The van der Waals surface area contributed by atoms with Crippen molar-refractivity contribution in [3.05, 3.63) is 77.6 Å². The quantitative estimate of drug-likeness (QED) is 0.146. The number of carbonyl (C=O) groups is 1. The number of hydrogen-bond acceptors (Lipinski definition) is 8. The summed E-state index contributed by atoms with van der Waals surface area (Å²) in [4.78, 5) is 23.3. The van der Waals surface area contributed by atoms with Crippen LogP contribution in [0.4, 0.5) is 10.3 Å². The van der Waals surface area contributed by atoms with Gasteiger partial charge in [0.1, 0.15) is 5.82 Å². The fourth-order valence-electron chi connectivity index (χ4n) is 7.56. The molecule has 3 aromatic carbocycles. The SMILES string of the molecule is CCOCCn1c(NC2CCN(CCC3(Cc4ccc(F)cc4)CCN(C(=O)c4cc(OC)c(OC)c(OC)c4)C3)CC2)nc2ccccc21. The highest BCUT2D eigenvalue weighted by Gasteiger charge is 2.41. The number of halogens is 1. The Morgan fingerprint density at radius 1 is 0.960 bits per heavy atom. The summed E-state index contributed by atoms with van der Waals surface area (Å²) in [5.74, 6) is 1.96. The van der Waals surface area contributed by atoms with Crippen molar-refractivity contribution in [1.82, 2.24) is 19.4 Å². The first-order valence-corrected chi connectivity index (χ1v) is 17.7. The Morgan fingerprint density at radius 2 is 1.68 bits per heavy atom. The van der Waals surface area contributed by atoms with Crippen molar-refractivity contribution in [3.63, 3.8) is 0 Å². The van der Waals surface area contributed by atoms with Gasteiger partial charge in [0.2, 0.25) is 11.7 Å². The van der Waals surface area contributed by atoms with E-state index in [1.165, 1.54) is 12.1 Å². The molecule has 0 aliphatic carbocycles. The first kappa shape index (κ1) is 35.5. The maximum absolute atomic E-state index is 13.9. The minimum absolute atomic E-state index is 0.0654. The summed E-state index contributed by atoms with van der Waals surface area (Å²) in [5.41, 5.74) is 3.56. The van der Waals surface area contributed by atoms with Gasteiger partial charge in [0.05, 0.1) is 39.0 Å². The zero-order valence-electron chi connectivity index (χ0n) is 29.8. The van der Waals surface area contributed by atoms with Gasteiger partial charge in [-0.25, -0.2) is 9.37 Å². The number of hydrogen-bond donors (Lipinski definition) is 1. The molecule has 0 spiro atoms. The topological polar surface area (TPSA) is 90.3 Å². The van der Waals surface area contributed by atoms with Gasteiger partial charge in [-0.05, 0) is 92.9 Å². The van der Waals surface area contributed by atoms with Crippen LogP contribution in [0, 0.1) is 11.2 Å². The highest BCUT2D eigenvalue weighted by molar-refractivity contribution is 5.96. The Bertz CT molecular complexity index is 1710. The minimum Gasteiger partial charge on any atom is -0.493 e. The number of fused-ring (bicyclic) bond motifs is 1. The number of benzene rings is 3. The highest BCUT2D eigenvalue weighted by Crippen LogP contribution is 2.41. The molecule has 0 bridgehead atoms. The van der Waals surface area contributed by atoms with Crippen molar-refractivity contribution >= 4 is 22.9 Å². The van der Waals surface area contributed by atoms with Crippen molar-refractivity contribution in [2.45, 2.75) is 51.6 Å². The lowest BCUT2D eigenvalue weighted by Gasteiger charge is -2.36. The van der Waals surface area contributed by atoms with E-state index >= 15 is 0 Å². The number of ether oxygens (including phenoxy) is 4. The molecule has 2 saturated heterocycles. The normalized spacial score (nSPS) is 18.5. The molecule has 0 saturated carbocycles. The second-order valence-electron chi connectivity index (χ2n) is 13.5. The summed E-state index contributed by atoms with van der Waals surface area (Å²) < 4.78 is 38.2. The number of nitrogens with zero attached hydrogens (tertiary/aromatic N) is 4. The van der Waals surface area contributed by atoms with Crippen LogP contribution in [0.3, 0.4) is 0 Å². The molecule has 1 atom stereocenters. The Balaban J connectivity index is 1.11. The first-order chi connectivity index (χ1) is 24.3. The Kier molecular flexibility index (Phi) is 11.4. The van der Waals surface area contributed by atoms with Crippen LogP contribution >= 0.6 is 0 Å². The smallest absolute Gasteiger partial charge is 0.254 e. The van der Waals surface area contributed by atoms with Crippen molar-refractivity contribution in [3.8, 4) is 17.2 Å². The molecule has 2 aliphatic heterocycles. The molecule has 1 unspecified atom stereocenters. The first-order valence-electron chi connectivity index (χ1n) is 17.7. The number of para-hydroxylation sites is 2. The zero-order valence-corrected chi connectivity index (χ0v) is 29.8. The average molecular weight is 688 g/mol. The van der Waals surface area contributed by atoms with E-state index in [1.54, 1.807) is 33.5 Å². The summed E-state index contributed by atoms with van der Waals surface area (Å²) >= 11 is 0. The molecule has 1 amide bonds. The van der Waals surface area contributed by atoms with Crippen LogP contribution < -0.4 is 19.5 Å². The van der Waals surface area contributed by atoms with Gasteiger partial charge in [0.25, 0.3) is 5.91 Å². The van der Waals surface area contributed by atoms with E-state index in [0.29, 0.717) is 55.2 Å². The molecule has 1 aromatic heterocycles. The van der Waals surface area contributed by atoms with Crippen LogP contribution in [0.2, 0.25) is 0 Å². The van der Waals surface area contributed by atoms with Gasteiger partial charge in [0, 0.05) is 50.9 Å². The van der Waals surface area contributed by atoms with E-state index in [4.69, 9.17) is 23.9 Å². The van der Waals surface area contributed by atoms with Gasteiger partial charge in [0.15, 0.2) is 11.5 Å². The molecule has 10 nitrogen and oxygen atoms in total. The van der Waals surface area contributed by atoms with Gasteiger partial charge >= 0.3 is 0 Å². The summed E-state index contributed by atoms with van der Waals surface area (Å²) in [5, 5.41) is 3.75. The van der Waals surface area contributed by atoms with E-state index in [0.717, 1.165) is 80.8 Å². The molecule has 6 rings (SSSR count). The summed E-state index contributed by atoms with van der Waals surface area (Å²) in [6.45, 7) is 8.29. The van der Waals surface area contributed by atoms with Crippen LogP contribution in [-0.2, 0) is 17.7 Å². The van der Waals surface area contributed by atoms with Gasteiger partial charge < -0.3 is 38.6 Å². The molecule has 4 aromatic rings. The van der Waals surface area contributed by atoms with Gasteiger partial charge in [-0.2, -0.15) is 0 Å². The van der Waals surface area contributed by atoms with Gasteiger partial charge in [-0.3, -0.25) is 4.79 Å². The van der Waals surface area contributed by atoms with Crippen LogP contribution in [0.25, 0.3) is 11.0 Å². The molecule has 0 radical (unpaired) electrons. The van der Waals surface area contributed by atoms with Crippen LogP contribution in [0.5, 0.6) is 17.2 Å². The maximum atomic E-state index is 13.9. The Morgan fingerprint density at radius 3 is 2.36 bits per heavy atom. The maximum Gasteiger partial charge on any atom is 0.254 e. The van der Waals surface area contributed by atoms with E-state index < -0.39 is 0 Å². The van der Waals surface area contributed by atoms with Crippen LogP contribution in [0.1, 0.15) is 48.5 Å². The molecule has 50 heavy (non-hydrogen) atoms. The lowest BCUT2D eigenvalue weighted by Crippen LogP contribution is -2.42. The third kappa shape index (κ3) is 8.00. The number of nitrogens with one attached hydrogen (secondary N) is 1. The second kappa shape index (κ2) is 16.1. The number of rotatable bonds is 15. The second-order valence-corrected chi connectivity index (χ2v) is 13.5. The molecule has 1 N–H and O–H groups in total. The molecular weight excluding hydrogens is 637 g/mol. The fraction of sp³-hybridized carbons (Fsp3) is 0.487. The number of likely N-dealkylation sites (tertiary alicyclic amines) is 2. The third-order valence-corrected chi connectivity index (χ3v) is 10.3. The number of piperidine rings is 1. The molecular formula is C39H50FN5O5. The highest BCUT2D eigenvalue weighted by atomic mass is 19.1. The number of anilines is 1. The lowest BCUT2D eigenvalue weighted by atomic mass is 9.77. The Hall–Kier alpha value is -4.35. The number of amides is 1. The van der Waals surface area contributed by atoms with Crippen molar-refractivity contribution in [2.24, 2.45) is 5.41 Å². The third-order valence-electron chi connectivity index (χ3n) is 10.3. The van der Waals surface area contributed by atoms with E-state index in [2.05, 4.69) is 33.0 Å². The standard InChI is InChI=1S/C39H50FN5O5/c1-5-50-23-22-45-33-9-7-6-8-32(33)42-38(45)41-31-14-18-43(19-15-31)20-16-39(26-28-10-12-30(40)13-11-28)17-21-44(27-39)37(46)29-24-34(47-2)36(49-4)35(25-29)48-3/h6-13,24-25,31H,5,14-23,26-27H2,1-4H3,(H,41,42). The predicted octanol–water partition coefficient (Wildman–Crippen LogP) is 6.28. The molecule has 3 heterocycles. The van der Waals surface area contributed by atoms with Gasteiger partial charge in [-0.15, -0.1) is 0 Å². The zero-order chi connectivity index (χ0) is 35.1. The summed E-state index contributed by atoms with van der Waals surface area (Å²) in [7, 11) is 4.65. The van der Waals surface area contributed by atoms with Gasteiger partial charge in [-0.1, -0.05) is 24.3 Å².